The fourth-order valence-electron chi connectivity index (χ4n) is 1.74. The molecule has 0 unspecified atom stereocenters. The van der Waals surface area contributed by atoms with Crippen LogP contribution in [0.4, 0.5) is 0 Å². The van der Waals surface area contributed by atoms with Crippen molar-refractivity contribution in [2.75, 3.05) is 13.7 Å². The third-order valence-corrected chi connectivity index (χ3v) is 2.73. The minimum absolute atomic E-state index is 0.328. The summed E-state index contributed by atoms with van der Waals surface area (Å²) >= 11 is 0. The Morgan fingerprint density at radius 3 is 2.40 bits per heavy atom. The minimum atomic E-state index is 0.328. The van der Waals surface area contributed by atoms with Gasteiger partial charge in [-0.1, -0.05) is 0 Å². The molecule has 58 valence electrons. The van der Waals surface area contributed by atoms with Crippen molar-refractivity contribution in [1.82, 2.24) is 0 Å². The van der Waals surface area contributed by atoms with Gasteiger partial charge >= 0.3 is 0 Å². The Balaban J connectivity index is 1.84. The summed E-state index contributed by atoms with van der Waals surface area (Å²) in [5.41, 5.74) is 0.328. The maximum atomic E-state index is 5.37. The van der Waals surface area contributed by atoms with Gasteiger partial charge in [0.2, 0.25) is 0 Å². The lowest BCUT2D eigenvalue weighted by Crippen LogP contribution is -2.25. The summed E-state index contributed by atoms with van der Waals surface area (Å²) in [6, 6.07) is 0. The molecule has 1 aliphatic heterocycles. The quantitative estimate of drug-likeness (QED) is 0.515. The third-order valence-electron chi connectivity index (χ3n) is 2.73. The molecule has 0 aromatic rings. The highest BCUT2D eigenvalue weighted by Gasteiger charge is 2.46. The Hall–Kier alpha value is -0.0800. The summed E-state index contributed by atoms with van der Waals surface area (Å²) in [4.78, 5) is 0. The molecular weight excluding hydrogens is 128 g/mol. The normalized spacial score (nSPS) is 45.9. The summed E-state index contributed by atoms with van der Waals surface area (Å²) in [7, 11) is 1.80. The van der Waals surface area contributed by atoms with Crippen LogP contribution in [0.3, 0.4) is 0 Å². The molecule has 1 aliphatic carbocycles. The van der Waals surface area contributed by atoms with Crippen LogP contribution in [-0.2, 0) is 9.47 Å². The highest BCUT2D eigenvalue weighted by atomic mass is 16.6. The third kappa shape index (κ3) is 1.06. The first-order valence-electron chi connectivity index (χ1n) is 4.01. The van der Waals surface area contributed by atoms with E-state index in [1.807, 2.05) is 0 Å². The first kappa shape index (κ1) is 6.62. The second-order valence-corrected chi connectivity index (χ2v) is 3.41. The first-order chi connectivity index (χ1) is 4.85. The summed E-state index contributed by atoms with van der Waals surface area (Å²) in [5, 5.41) is 0. The second-order valence-electron chi connectivity index (χ2n) is 3.41. The van der Waals surface area contributed by atoms with Gasteiger partial charge in [0.1, 0.15) is 0 Å². The molecule has 0 amide bonds. The lowest BCUT2D eigenvalue weighted by Gasteiger charge is -2.24. The van der Waals surface area contributed by atoms with E-state index >= 15 is 0 Å². The molecule has 0 N–H and O–H groups in total. The predicted molar refractivity (Wildman–Crippen MR) is 37.9 cm³/mol. The molecule has 0 radical (unpaired) electrons. The maximum absolute atomic E-state index is 5.37. The van der Waals surface area contributed by atoms with Crippen LogP contribution in [0.5, 0.6) is 0 Å². The molecule has 0 atom stereocenters. The molecule has 2 fully saturated rings. The van der Waals surface area contributed by atoms with Gasteiger partial charge in [-0.05, 0) is 25.7 Å². The van der Waals surface area contributed by atoms with Gasteiger partial charge in [-0.3, -0.25) is 0 Å². The standard InChI is InChI=1S/C8H14O2/c1-9-7-2-4-8(5-3-7)6-10-8/h7H,2-6H2,1H3. The van der Waals surface area contributed by atoms with Crippen LogP contribution in [0.1, 0.15) is 25.7 Å². The lowest BCUT2D eigenvalue weighted by atomic mass is 9.88. The van der Waals surface area contributed by atoms with Gasteiger partial charge in [0.05, 0.1) is 18.3 Å². The monoisotopic (exact) mass is 142 g/mol. The highest BCUT2D eigenvalue weighted by molar-refractivity contribution is 4.96. The molecule has 2 aliphatic rings. The molecule has 2 heteroatoms. The average Bonchev–Trinajstić information content (AvgIpc) is 2.72. The zero-order valence-corrected chi connectivity index (χ0v) is 6.43. The Morgan fingerprint density at radius 1 is 1.40 bits per heavy atom. The van der Waals surface area contributed by atoms with E-state index in [4.69, 9.17) is 9.47 Å². The molecule has 1 heterocycles. The summed E-state index contributed by atoms with van der Waals surface area (Å²) in [6.45, 7) is 1.00. The van der Waals surface area contributed by atoms with Crippen molar-refractivity contribution in [3.63, 3.8) is 0 Å². The molecular formula is C8H14O2. The largest absolute Gasteiger partial charge is 0.381 e. The zero-order chi connectivity index (χ0) is 7.03. The number of hydrogen-bond donors (Lipinski definition) is 0. The molecule has 1 saturated heterocycles. The maximum Gasteiger partial charge on any atom is 0.0918 e. The van der Waals surface area contributed by atoms with E-state index in [0.717, 1.165) is 6.61 Å². The van der Waals surface area contributed by atoms with Crippen molar-refractivity contribution in [2.24, 2.45) is 0 Å². The van der Waals surface area contributed by atoms with Crippen molar-refractivity contribution < 1.29 is 9.47 Å². The van der Waals surface area contributed by atoms with Crippen LogP contribution in [0.15, 0.2) is 0 Å². The zero-order valence-electron chi connectivity index (χ0n) is 6.43. The topological polar surface area (TPSA) is 21.8 Å². The van der Waals surface area contributed by atoms with E-state index in [0.29, 0.717) is 11.7 Å². The van der Waals surface area contributed by atoms with Gasteiger partial charge in [0, 0.05) is 7.11 Å². The number of rotatable bonds is 1. The van der Waals surface area contributed by atoms with E-state index in [9.17, 15) is 0 Å². The smallest absolute Gasteiger partial charge is 0.0918 e. The molecule has 1 saturated carbocycles. The molecule has 2 nitrogen and oxygen atoms in total. The van der Waals surface area contributed by atoms with Gasteiger partial charge < -0.3 is 9.47 Å². The fourth-order valence-corrected chi connectivity index (χ4v) is 1.74. The second kappa shape index (κ2) is 2.21. The van der Waals surface area contributed by atoms with Crippen molar-refractivity contribution in [1.29, 1.82) is 0 Å². The van der Waals surface area contributed by atoms with Crippen LogP contribution < -0.4 is 0 Å². The van der Waals surface area contributed by atoms with Crippen LogP contribution in [0.25, 0.3) is 0 Å². The molecule has 0 bridgehead atoms. The fraction of sp³-hybridized carbons (Fsp3) is 1.00. The molecule has 1 spiro atoms. The van der Waals surface area contributed by atoms with E-state index in [1.54, 1.807) is 7.11 Å². The van der Waals surface area contributed by atoms with Gasteiger partial charge in [-0.2, -0.15) is 0 Å². The Bertz CT molecular complexity index is 119. The molecule has 0 aromatic carbocycles. The lowest BCUT2D eigenvalue weighted by molar-refractivity contribution is 0.0477. The van der Waals surface area contributed by atoms with Gasteiger partial charge in [-0.25, -0.2) is 0 Å². The van der Waals surface area contributed by atoms with Gasteiger partial charge in [0.25, 0.3) is 0 Å². The molecule has 0 aromatic heterocycles. The van der Waals surface area contributed by atoms with Crippen LogP contribution in [0.2, 0.25) is 0 Å². The van der Waals surface area contributed by atoms with E-state index in [1.165, 1.54) is 25.7 Å². The Labute approximate surface area is 61.5 Å². The van der Waals surface area contributed by atoms with Gasteiger partial charge in [-0.15, -0.1) is 0 Å². The van der Waals surface area contributed by atoms with Crippen LogP contribution >= 0.6 is 0 Å². The number of hydrogen-bond acceptors (Lipinski definition) is 2. The summed E-state index contributed by atoms with van der Waals surface area (Å²) < 4.78 is 10.6. The van der Waals surface area contributed by atoms with E-state index in [-0.39, 0.29) is 0 Å². The first-order valence-corrected chi connectivity index (χ1v) is 4.01. The van der Waals surface area contributed by atoms with Crippen molar-refractivity contribution >= 4 is 0 Å². The van der Waals surface area contributed by atoms with Crippen molar-refractivity contribution in [3.05, 3.63) is 0 Å². The highest BCUT2D eigenvalue weighted by Crippen LogP contribution is 2.42. The predicted octanol–water partition coefficient (Wildman–Crippen LogP) is 1.34. The van der Waals surface area contributed by atoms with Crippen LogP contribution in [-0.4, -0.2) is 25.4 Å². The van der Waals surface area contributed by atoms with Crippen molar-refractivity contribution in [2.45, 2.75) is 37.4 Å². The van der Waals surface area contributed by atoms with E-state index in [2.05, 4.69) is 0 Å². The molecule has 2 rings (SSSR count). The number of epoxide rings is 1. The Morgan fingerprint density at radius 2 is 2.00 bits per heavy atom. The van der Waals surface area contributed by atoms with Gasteiger partial charge in [0.15, 0.2) is 0 Å². The molecule has 10 heavy (non-hydrogen) atoms. The minimum Gasteiger partial charge on any atom is -0.381 e. The average molecular weight is 142 g/mol. The Kier molecular flexibility index (Phi) is 1.46. The van der Waals surface area contributed by atoms with E-state index < -0.39 is 0 Å². The number of methoxy groups -OCH3 is 1. The van der Waals surface area contributed by atoms with Crippen molar-refractivity contribution in [3.8, 4) is 0 Å². The number of ether oxygens (including phenoxy) is 2. The summed E-state index contributed by atoms with van der Waals surface area (Å²) in [6.07, 6.45) is 5.32. The SMILES string of the molecule is COC1CCC2(CC1)CO2. The summed E-state index contributed by atoms with van der Waals surface area (Å²) in [5.74, 6) is 0. The van der Waals surface area contributed by atoms with Crippen LogP contribution in [0, 0.1) is 0 Å².